The number of hydrogen-bond donors (Lipinski definition) is 0. The standard InChI is InChI=1S/C18H18O/c1-13-5-4-6-16(12-13)8-10-18(19)17-9-7-14(2)11-15(17)3/h4-12H,1-3H3. The molecule has 0 fully saturated rings. The summed E-state index contributed by atoms with van der Waals surface area (Å²) in [5, 5.41) is 0. The fourth-order valence-corrected chi connectivity index (χ4v) is 2.13. The first-order valence-electron chi connectivity index (χ1n) is 6.42. The molecule has 0 unspecified atom stereocenters. The van der Waals surface area contributed by atoms with E-state index in [1.807, 2.05) is 63.2 Å². The summed E-state index contributed by atoms with van der Waals surface area (Å²) >= 11 is 0. The lowest BCUT2D eigenvalue weighted by Gasteiger charge is -2.03. The highest BCUT2D eigenvalue weighted by molar-refractivity contribution is 6.07. The van der Waals surface area contributed by atoms with Gasteiger partial charge in [-0.05, 0) is 38.0 Å². The highest BCUT2D eigenvalue weighted by Crippen LogP contribution is 2.13. The zero-order chi connectivity index (χ0) is 13.8. The zero-order valence-corrected chi connectivity index (χ0v) is 11.6. The van der Waals surface area contributed by atoms with Crippen molar-refractivity contribution in [3.05, 3.63) is 76.4 Å². The van der Waals surface area contributed by atoms with Crippen LogP contribution in [0.15, 0.2) is 48.5 Å². The fraction of sp³-hybridized carbons (Fsp3) is 0.167. The molecule has 0 spiro atoms. The number of hydrogen-bond acceptors (Lipinski definition) is 1. The molecule has 0 aliphatic carbocycles. The van der Waals surface area contributed by atoms with Gasteiger partial charge in [-0.3, -0.25) is 4.79 Å². The predicted octanol–water partition coefficient (Wildman–Crippen LogP) is 4.51. The van der Waals surface area contributed by atoms with E-state index in [0.29, 0.717) is 0 Å². The van der Waals surface area contributed by atoms with Crippen LogP contribution >= 0.6 is 0 Å². The van der Waals surface area contributed by atoms with Gasteiger partial charge in [0.15, 0.2) is 5.78 Å². The van der Waals surface area contributed by atoms with Crippen LogP contribution < -0.4 is 0 Å². The van der Waals surface area contributed by atoms with Gasteiger partial charge >= 0.3 is 0 Å². The zero-order valence-electron chi connectivity index (χ0n) is 11.6. The number of ketones is 1. The molecule has 0 heterocycles. The molecule has 1 heteroatoms. The molecule has 0 aliphatic rings. The summed E-state index contributed by atoms with van der Waals surface area (Å²) in [6.45, 7) is 6.05. The number of carbonyl (C=O) groups excluding carboxylic acids is 1. The van der Waals surface area contributed by atoms with Gasteiger partial charge in [-0.2, -0.15) is 0 Å². The summed E-state index contributed by atoms with van der Waals surface area (Å²) < 4.78 is 0. The summed E-state index contributed by atoms with van der Waals surface area (Å²) in [5.41, 5.74) is 5.23. The van der Waals surface area contributed by atoms with Crippen LogP contribution in [0, 0.1) is 20.8 Å². The molecule has 1 nitrogen and oxygen atoms in total. The first-order chi connectivity index (χ1) is 9.06. The molecular weight excluding hydrogens is 232 g/mol. The summed E-state index contributed by atoms with van der Waals surface area (Å²) in [4.78, 5) is 12.1. The largest absolute Gasteiger partial charge is 0.289 e. The number of carbonyl (C=O) groups is 1. The van der Waals surface area contributed by atoms with Crippen molar-refractivity contribution in [1.82, 2.24) is 0 Å². The van der Waals surface area contributed by atoms with E-state index in [0.717, 1.165) is 16.7 Å². The molecule has 0 saturated carbocycles. The number of rotatable bonds is 3. The third kappa shape index (κ3) is 3.41. The second kappa shape index (κ2) is 5.66. The van der Waals surface area contributed by atoms with E-state index >= 15 is 0 Å². The SMILES string of the molecule is Cc1cccc(C=CC(=O)c2ccc(C)cc2C)c1. The quantitative estimate of drug-likeness (QED) is 0.578. The van der Waals surface area contributed by atoms with E-state index in [1.165, 1.54) is 11.1 Å². The lowest BCUT2D eigenvalue weighted by Crippen LogP contribution is -1.98. The van der Waals surface area contributed by atoms with Gasteiger partial charge in [0.05, 0.1) is 0 Å². The summed E-state index contributed by atoms with van der Waals surface area (Å²) in [6.07, 6.45) is 3.51. The van der Waals surface area contributed by atoms with Gasteiger partial charge in [-0.15, -0.1) is 0 Å². The Kier molecular flexibility index (Phi) is 3.96. The molecule has 0 N–H and O–H groups in total. The normalized spacial score (nSPS) is 10.9. The minimum atomic E-state index is 0.0546. The van der Waals surface area contributed by atoms with Crippen LogP contribution in [-0.4, -0.2) is 5.78 Å². The molecule has 0 radical (unpaired) electrons. The molecule has 0 atom stereocenters. The first-order valence-corrected chi connectivity index (χ1v) is 6.42. The molecule has 96 valence electrons. The minimum absolute atomic E-state index is 0.0546. The summed E-state index contributed by atoms with van der Waals surface area (Å²) in [6, 6.07) is 14.0. The van der Waals surface area contributed by atoms with Crippen molar-refractivity contribution in [1.29, 1.82) is 0 Å². The maximum Gasteiger partial charge on any atom is 0.186 e. The smallest absolute Gasteiger partial charge is 0.186 e. The third-order valence-electron chi connectivity index (χ3n) is 3.12. The van der Waals surface area contributed by atoms with Gasteiger partial charge in [0.2, 0.25) is 0 Å². The first kappa shape index (κ1) is 13.3. The predicted molar refractivity (Wildman–Crippen MR) is 80.5 cm³/mol. The topological polar surface area (TPSA) is 17.1 Å². The Morgan fingerprint density at radius 1 is 0.947 bits per heavy atom. The molecule has 0 saturated heterocycles. The van der Waals surface area contributed by atoms with Gasteiger partial charge in [0.1, 0.15) is 0 Å². The van der Waals surface area contributed by atoms with Crippen molar-refractivity contribution in [2.45, 2.75) is 20.8 Å². The Balaban J connectivity index is 2.21. The fourth-order valence-electron chi connectivity index (χ4n) is 2.13. The van der Waals surface area contributed by atoms with Crippen LogP contribution in [0.1, 0.15) is 32.6 Å². The maximum absolute atomic E-state index is 12.1. The van der Waals surface area contributed by atoms with Gasteiger partial charge in [-0.1, -0.05) is 59.7 Å². The van der Waals surface area contributed by atoms with Crippen molar-refractivity contribution >= 4 is 11.9 Å². The second-order valence-corrected chi connectivity index (χ2v) is 4.93. The highest BCUT2D eigenvalue weighted by atomic mass is 16.1. The third-order valence-corrected chi connectivity index (χ3v) is 3.12. The van der Waals surface area contributed by atoms with E-state index in [-0.39, 0.29) is 5.78 Å². The number of aryl methyl sites for hydroxylation is 3. The number of allylic oxidation sites excluding steroid dienone is 1. The van der Waals surface area contributed by atoms with Crippen molar-refractivity contribution in [2.24, 2.45) is 0 Å². The Hall–Kier alpha value is -2.15. The van der Waals surface area contributed by atoms with Crippen LogP contribution in [0.25, 0.3) is 6.08 Å². The van der Waals surface area contributed by atoms with E-state index in [4.69, 9.17) is 0 Å². The summed E-state index contributed by atoms with van der Waals surface area (Å²) in [5.74, 6) is 0.0546. The van der Waals surface area contributed by atoms with Crippen LogP contribution in [0.3, 0.4) is 0 Å². The van der Waals surface area contributed by atoms with E-state index in [1.54, 1.807) is 6.08 Å². The maximum atomic E-state index is 12.1. The molecular formula is C18H18O. The van der Waals surface area contributed by atoms with E-state index in [9.17, 15) is 4.79 Å². The summed E-state index contributed by atoms with van der Waals surface area (Å²) in [7, 11) is 0. The molecule has 0 bridgehead atoms. The van der Waals surface area contributed by atoms with Crippen LogP contribution in [-0.2, 0) is 0 Å². The molecule has 0 aromatic heterocycles. The Morgan fingerprint density at radius 2 is 1.68 bits per heavy atom. The van der Waals surface area contributed by atoms with Crippen molar-refractivity contribution < 1.29 is 4.79 Å². The van der Waals surface area contributed by atoms with Crippen LogP contribution in [0.4, 0.5) is 0 Å². The van der Waals surface area contributed by atoms with Crippen LogP contribution in [0.2, 0.25) is 0 Å². The molecule has 0 aliphatic heterocycles. The Labute approximate surface area is 114 Å². The van der Waals surface area contributed by atoms with Gasteiger partial charge < -0.3 is 0 Å². The Morgan fingerprint density at radius 3 is 2.37 bits per heavy atom. The van der Waals surface area contributed by atoms with Crippen molar-refractivity contribution in [3.63, 3.8) is 0 Å². The molecule has 2 aromatic rings. The average Bonchev–Trinajstić information content (AvgIpc) is 2.36. The second-order valence-electron chi connectivity index (χ2n) is 4.93. The van der Waals surface area contributed by atoms with Gasteiger partial charge in [-0.25, -0.2) is 0 Å². The van der Waals surface area contributed by atoms with Crippen LogP contribution in [0.5, 0.6) is 0 Å². The monoisotopic (exact) mass is 250 g/mol. The van der Waals surface area contributed by atoms with E-state index in [2.05, 4.69) is 6.07 Å². The van der Waals surface area contributed by atoms with Gasteiger partial charge in [0, 0.05) is 5.56 Å². The lowest BCUT2D eigenvalue weighted by atomic mass is 10.0. The lowest BCUT2D eigenvalue weighted by molar-refractivity contribution is 0.104. The Bertz CT molecular complexity index is 636. The number of benzene rings is 2. The van der Waals surface area contributed by atoms with E-state index < -0.39 is 0 Å². The highest BCUT2D eigenvalue weighted by Gasteiger charge is 2.05. The average molecular weight is 250 g/mol. The molecule has 2 aromatic carbocycles. The van der Waals surface area contributed by atoms with Gasteiger partial charge in [0.25, 0.3) is 0 Å². The molecule has 19 heavy (non-hydrogen) atoms. The molecule has 0 amide bonds. The minimum Gasteiger partial charge on any atom is -0.289 e. The van der Waals surface area contributed by atoms with Crippen molar-refractivity contribution in [3.8, 4) is 0 Å². The molecule has 2 rings (SSSR count). The van der Waals surface area contributed by atoms with Crippen molar-refractivity contribution in [2.75, 3.05) is 0 Å².